The summed E-state index contributed by atoms with van der Waals surface area (Å²) < 4.78 is 0. The van der Waals surface area contributed by atoms with Crippen molar-refractivity contribution < 1.29 is 24.3 Å². The van der Waals surface area contributed by atoms with Crippen molar-refractivity contribution in [1.29, 1.82) is 0 Å². The van der Waals surface area contributed by atoms with E-state index in [1.165, 1.54) is 6.07 Å². The molecule has 0 aliphatic heterocycles. The number of imide groups is 1. The number of urea groups is 1. The van der Waals surface area contributed by atoms with Gasteiger partial charge in [0.15, 0.2) is 0 Å². The number of thiophene rings is 1. The van der Waals surface area contributed by atoms with Crippen molar-refractivity contribution in [3.8, 4) is 0 Å². The molecule has 1 aromatic heterocycles. The number of nitrogens with two attached hydrogens (primary N) is 1. The predicted molar refractivity (Wildman–Crippen MR) is 83.1 cm³/mol. The molecule has 8 nitrogen and oxygen atoms in total. The number of carbonyl (C=O) groups excluding carboxylic acids is 3. The number of anilines is 1. The number of carboxylic acids is 1. The fraction of sp³-hybridized carbons (Fsp3) is 0.429. The summed E-state index contributed by atoms with van der Waals surface area (Å²) in [7, 11) is 0. The van der Waals surface area contributed by atoms with E-state index < -0.39 is 35.7 Å². The highest BCUT2D eigenvalue weighted by molar-refractivity contribution is 7.14. The second-order valence-electron chi connectivity index (χ2n) is 5.31. The summed E-state index contributed by atoms with van der Waals surface area (Å²) in [6.45, 7) is 0. The fourth-order valence-corrected chi connectivity index (χ4v) is 3.50. The molecule has 124 valence electrons. The van der Waals surface area contributed by atoms with Gasteiger partial charge in [-0.05, 0) is 24.3 Å². The highest BCUT2D eigenvalue weighted by atomic mass is 32.1. The molecule has 1 aromatic rings. The summed E-state index contributed by atoms with van der Waals surface area (Å²) in [5.74, 6) is -3.47. The van der Waals surface area contributed by atoms with Gasteiger partial charge in [-0.15, -0.1) is 11.3 Å². The number of hydrogen-bond acceptors (Lipinski definition) is 5. The van der Waals surface area contributed by atoms with Gasteiger partial charge in [-0.25, -0.2) is 4.79 Å². The Morgan fingerprint density at radius 3 is 2.43 bits per heavy atom. The van der Waals surface area contributed by atoms with Gasteiger partial charge in [0.2, 0.25) is 5.91 Å². The Morgan fingerprint density at radius 2 is 1.83 bits per heavy atom. The van der Waals surface area contributed by atoms with Crippen molar-refractivity contribution in [1.82, 2.24) is 5.32 Å². The zero-order chi connectivity index (χ0) is 17.0. The Balaban J connectivity index is 2.11. The Kier molecular flexibility index (Phi) is 5.32. The van der Waals surface area contributed by atoms with Crippen molar-refractivity contribution in [3.63, 3.8) is 0 Å². The maximum atomic E-state index is 12.4. The van der Waals surface area contributed by atoms with E-state index in [1.807, 2.05) is 5.32 Å². The van der Waals surface area contributed by atoms with Crippen LogP contribution in [0.2, 0.25) is 0 Å². The first-order valence-corrected chi connectivity index (χ1v) is 8.00. The van der Waals surface area contributed by atoms with Crippen molar-refractivity contribution in [2.24, 2.45) is 17.6 Å². The topological polar surface area (TPSA) is 139 Å². The first-order valence-electron chi connectivity index (χ1n) is 7.12. The molecule has 1 aliphatic rings. The van der Waals surface area contributed by atoms with E-state index in [1.54, 1.807) is 5.38 Å². The van der Waals surface area contributed by atoms with E-state index in [2.05, 4.69) is 5.32 Å². The number of carboxylic acid groups (broad SMARTS) is 1. The normalized spacial score (nSPS) is 20.5. The quantitative estimate of drug-likeness (QED) is 0.656. The Morgan fingerprint density at radius 1 is 1.17 bits per heavy atom. The first kappa shape index (κ1) is 16.9. The maximum absolute atomic E-state index is 12.4. The number of hydrogen-bond donors (Lipinski definition) is 4. The zero-order valence-corrected chi connectivity index (χ0v) is 13.0. The predicted octanol–water partition coefficient (Wildman–Crippen LogP) is 1.39. The molecule has 0 aromatic carbocycles. The third-order valence-corrected chi connectivity index (χ3v) is 4.63. The molecule has 1 fully saturated rings. The minimum Gasteiger partial charge on any atom is -0.481 e. The maximum Gasteiger partial charge on any atom is 0.319 e. The monoisotopic (exact) mass is 339 g/mol. The number of carbonyl (C=O) groups is 4. The summed E-state index contributed by atoms with van der Waals surface area (Å²) in [5.41, 5.74) is 5.01. The van der Waals surface area contributed by atoms with Crippen LogP contribution in [0.4, 0.5) is 9.80 Å². The summed E-state index contributed by atoms with van der Waals surface area (Å²) in [5, 5.41) is 15.6. The van der Waals surface area contributed by atoms with Crippen molar-refractivity contribution in [2.45, 2.75) is 25.7 Å². The largest absolute Gasteiger partial charge is 0.481 e. The van der Waals surface area contributed by atoms with Gasteiger partial charge in [0.1, 0.15) is 5.00 Å². The molecule has 1 aliphatic carbocycles. The average molecular weight is 339 g/mol. The van der Waals surface area contributed by atoms with Gasteiger partial charge in [0, 0.05) is 0 Å². The van der Waals surface area contributed by atoms with Crippen LogP contribution in [0.5, 0.6) is 0 Å². The number of rotatable bonds is 4. The Labute approximate surface area is 136 Å². The molecular formula is C14H17N3O5S. The molecular weight excluding hydrogens is 322 g/mol. The van der Waals surface area contributed by atoms with E-state index in [0.717, 1.165) is 24.2 Å². The minimum absolute atomic E-state index is 0.116. The van der Waals surface area contributed by atoms with Crippen LogP contribution >= 0.6 is 11.3 Å². The third-order valence-electron chi connectivity index (χ3n) is 3.80. The number of primary amides is 1. The van der Waals surface area contributed by atoms with Crippen LogP contribution in [0.25, 0.3) is 0 Å². The summed E-state index contributed by atoms with van der Waals surface area (Å²) >= 11 is 1.11. The van der Waals surface area contributed by atoms with Crippen LogP contribution in [-0.4, -0.2) is 28.9 Å². The second-order valence-corrected chi connectivity index (χ2v) is 6.22. The summed E-state index contributed by atoms with van der Waals surface area (Å²) in [4.78, 5) is 46.2. The van der Waals surface area contributed by atoms with E-state index in [4.69, 9.17) is 5.73 Å². The molecule has 23 heavy (non-hydrogen) atoms. The SMILES string of the molecule is NC(=O)NC(=O)c1ccsc1NC(=O)[C@H]1CCCC[C@H]1C(=O)O. The Bertz CT molecular complexity index is 642. The molecule has 0 unspecified atom stereocenters. The second kappa shape index (κ2) is 7.23. The smallest absolute Gasteiger partial charge is 0.319 e. The van der Waals surface area contributed by atoms with Crippen molar-refractivity contribution in [2.75, 3.05) is 5.32 Å². The van der Waals surface area contributed by atoms with Gasteiger partial charge < -0.3 is 16.2 Å². The van der Waals surface area contributed by atoms with Crippen LogP contribution in [0.15, 0.2) is 11.4 Å². The molecule has 9 heteroatoms. The minimum atomic E-state index is -0.989. The van der Waals surface area contributed by atoms with Gasteiger partial charge >= 0.3 is 12.0 Å². The van der Waals surface area contributed by atoms with E-state index >= 15 is 0 Å². The Hall–Kier alpha value is -2.42. The van der Waals surface area contributed by atoms with E-state index in [0.29, 0.717) is 12.8 Å². The van der Waals surface area contributed by atoms with E-state index in [-0.39, 0.29) is 10.6 Å². The molecule has 2 atom stereocenters. The summed E-state index contributed by atoms with van der Waals surface area (Å²) in [6, 6.07) is 0.463. The van der Waals surface area contributed by atoms with Crippen LogP contribution < -0.4 is 16.4 Å². The number of nitrogens with one attached hydrogen (secondary N) is 2. The van der Waals surface area contributed by atoms with Crippen LogP contribution in [0.3, 0.4) is 0 Å². The molecule has 1 heterocycles. The average Bonchev–Trinajstić information content (AvgIpc) is 2.94. The molecule has 0 radical (unpaired) electrons. The zero-order valence-electron chi connectivity index (χ0n) is 12.2. The lowest BCUT2D eigenvalue weighted by Crippen LogP contribution is -2.37. The molecule has 0 saturated heterocycles. The lowest BCUT2D eigenvalue weighted by molar-refractivity contribution is -0.147. The standard InChI is InChI=1S/C14H17N3O5S/c15-14(22)17-11(19)9-5-6-23-12(9)16-10(18)7-3-1-2-4-8(7)13(20)21/h5-8H,1-4H2,(H,16,18)(H,20,21)(H3,15,17,19,22)/t7-,8+/m0/s1. The van der Waals surface area contributed by atoms with Crippen LogP contribution in [0, 0.1) is 11.8 Å². The molecule has 1 saturated carbocycles. The molecule has 0 bridgehead atoms. The molecule has 0 spiro atoms. The van der Waals surface area contributed by atoms with Gasteiger partial charge in [0.05, 0.1) is 17.4 Å². The van der Waals surface area contributed by atoms with Gasteiger partial charge in [-0.3, -0.25) is 19.7 Å². The van der Waals surface area contributed by atoms with E-state index in [9.17, 15) is 24.3 Å². The molecule has 4 amide bonds. The number of amides is 4. The number of aliphatic carboxylic acids is 1. The lowest BCUT2D eigenvalue weighted by atomic mass is 9.79. The highest BCUT2D eigenvalue weighted by Crippen LogP contribution is 2.32. The van der Waals surface area contributed by atoms with Crippen LogP contribution in [-0.2, 0) is 9.59 Å². The molecule has 2 rings (SSSR count). The van der Waals surface area contributed by atoms with Gasteiger partial charge in [0.25, 0.3) is 5.91 Å². The summed E-state index contributed by atoms with van der Waals surface area (Å²) in [6.07, 6.45) is 2.54. The first-order chi connectivity index (χ1) is 10.9. The van der Waals surface area contributed by atoms with Gasteiger partial charge in [-0.2, -0.15) is 0 Å². The van der Waals surface area contributed by atoms with Crippen molar-refractivity contribution >= 4 is 40.2 Å². The lowest BCUT2D eigenvalue weighted by Gasteiger charge is -2.27. The van der Waals surface area contributed by atoms with Crippen molar-refractivity contribution in [3.05, 3.63) is 17.0 Å². The molecule has 5 N–H and O–H groups in total. The third kappa shape index (κ3) is 4.07. The fourth-order valence-electron chi connectivity index (χ4n) is 2.71. The van der Waals surface area contributed by atoms with Crippen LogP contribution in [0.1, 0.15) is 36.0 Å². The highest BCUT2D eigenvalue weighted by Gasteiger charge is 2.36. The van der Waals surface area contributed by atoms with Gasteiger partial charge in [-0.1, -0.05) is 12.8 Å².